The molecule has 0 aliphatic heterocycles. The van der Waals surface area contributed by atoms with Crippen molar-refractivity contribution in [1.82, 2.24) is 15.0 Å². The van der Waals surface area contributed by atoms with Gasteiger partial charge in [-0.3, -0.25) is 0 Å². The van der Waals surface area contributed by atoms with E-state index in [1.807, 2.05) is 20.8 Å². The number of aliphatic hydroxyl groups is 1. The summed E-state index contributed by atoms with van der Waals surface area (Å²) in [6, 6.07) is 0.0502. The molecule has 0 spiro atoms. The van der Waals surface area contributed by atoms with Crippen molar-refractivity contribution >= 4 is 11.9 Å². The van der Waals surface area contributed by atoms with E-state index in [1.165, 1.54) is 0 Å². The molecule has 4 N–H and O–H groups in total. The maximum atomic E-state index is 9.20. The van der Waals surface area contributed by atoms with Gasteiger partial charge in [0.2, 0.25) is 11.9 Å². The molecule has 0 amide bonds. The highest BCUT2D eigenvalue weighted by Crippen LogP contribution is 2.12. The van der Waals surface area contributed by atoms with Gasteiger partial charge in [-0.25, -0.2) is 0 Å². The standard InChI is InChI=1S/C10H19N5O2/c1-4-17-10-14-8(11)13-9(15-10)12-7(5-16)6(2)3/h6-7,16H,4-5H2,1-3H3,(H3,11,12,13,14,15). The Kier molecular flexibility index (Phi) is 4.89. The first-order chi connectivity index (χ1) is 8.06. The van der Waals surface area contributed by atoms with Gasteiger partial charge in [-0.1, -0.05) is 13.8 Å². The lowest BCUT2D eigenvalue weighted by atomic mass is 10.1. The molecule has 1 unspecified atom stereocenters. The molecule has 1 rings (SSSR count). The average molecular weight is 241 g/mol. The summed E-state index contributed by atoms with van der Waals surface area (Å²) in [7, 11) is 0. The van der Waals surface area contributed by atoms with E-state index in [0.29, 0.717) is 12.6 Å². The predicted octanol–water partition coefficient (Wildman–Crippen LogP) is 0.281. The molecule has 0 saturated carbocycles. The highest BCUT2D eigenvalue weighted by atomic mass is 16.5. The largest absolute Gasteiger partial charge is 0.464 e. The summed E-state index contributed by atoms with van der Waals surface area (Å²) in [6.07, 6.45) is 0. The fourth-order valence-electron chi connectivity index (χ4n) is 1.22. The summed E-state index contributed by atoms with van der Waals surface area (Å²) in [5, 5.41) is 12.2. The van der Waals surface area contributed by atoms with Crippen LogP contribution in [0.2, 0.25) is 0 Å². The zero-order valence-electron chi connectivity index (χ0n) is 10.3. The molecule has 0 saturated heterocycles. The lowest BCUT2D eigenvalue weighted by Crippen LogP contribution is -2.30. The Hall–Kier alpha value is -1.63. The van der Waals surface area contributed by atoms with Gasteiger partial charge in [0.05, 0.1) is 19.3 Å². The van der Waals surface area contributed by atoms with E-state index in [0.717, 1.165) is 0 Å². The van der Waals surface area contributed by atoms with Crippen molar-refractivity contribution in [2.45, 2.75) is 26.8 Å². The molecule has 17 heavy (non-hydrogen) atoms. The second kappa shape index (κ2) is 6.19. The van der Waals surface area contributed by atoms with Crippen LogP contribution in [0.4, 0.5) is 11.9 Å². The molecule has 7 heteroatoms. The van der Waals surface area contributed by atoms with Crippen LogP contribution >= 0.6 is 0 Å². The molecule has 1 aromatic heterocycles. The number of hydrogen-bond donors (Lipinski definition) is 3. The maximum Gasteiger partial charge on any atom is 0.323 e. The third-order valence-corrected chi connectivity index (χ3v) is 2.22. The predicted molar refractivity (Wildman–Crippen MR) is 64.7 cm³/mol. The Morgan fingerprint density at radius 3 is 2.59 bits per heavy atom. The number of rotatable bonds is 6. The number of nitrogens with one attached hydrogen (secondary N) is 1. The van der Waals surface area contributed by atoms with Crippen molar-refractivity contribution in [3.05, 3.63) is 0 Å². The Morgan fingerprint density at radius 2 is 2.06 bits per heavy atom. The number of aromatic nitrogens is 3. The van der Waals surface area contributed by atoms with Gasteiger partial charge in [-0.05, 0) is 12.8 Å². The van der Waals surface area contributed by atoms with Crippen molar-refractivity contribution in [3.8, 4) is 6.01 Å². The smallest absolute Gasteiger partial charge is 0.323 e. The van der Waals surface area contributed by atoms with Gasteiger partial charge in [-0.2, -0.15) is 15.0 Å². The van der Waals surface area contributed by atoms with E-state index in [2.05, 4.69) is 20.3 Å². The average Bonchev–Trinajstić information content (AvgIpc) is 2.25. The Labute approximate surface area is 100 Å². The fraction of sp³-hybridized carbons (Fsp3) is 0.700. The number of hydrogen-bond acceptors (Lipinski definition) is 7. The second-order valence-corrected chi connectivity index (χ2v) is 3.91. The second-order valence-electron chi connectivity index (χ2n) is 3.91. The summed E-state index contributed by atoms with van der Waals surface area (Å²) >= 11 is 0. The fourth-order valence-corrected chi connectivity index (χ4v) is 1.22. The van der Waals surface area contributed by atoms with Crippen molar-refractivity contribution in [2.75, 3.05) is 24.3 Å². The first kappa shape index (κ1) is 13.4. The summed E-state index contributed by atoms with van der Waals surface area (Å²) in [4.78, 5) is 11.8. The summed E-state index contributed by atoms with van der Waals surface area (Å²) in [6.45, 7) is 6.26. The van der Waals surface area contributed by atoms with Crippen LogP contribution in [-0.2, 0) is 0 Å². The number of aliphatic hydroxyl groups excluding tert-OH is 1. The van der Waals surface area contributed by atoms with Gasteiger partial charge in [0.25, 0.3) is 0 Å². The van der Waals surface area contributed by atoms with E-state index < -0.39 is 0 Å². The lowest BCUT2D eigenvalue weighted by Gasteiger charge is -2.19. The molecule has 0 aliphatic carbocycles. The maximum absolute atomic E-state index is 9.20. The summed E-state index contributed by atoms with van der Waals surface area (Å²) in [5.41, 5.74) is 5.54. The third-order valence-electron chi connectivity index (χ3n) is 2.22. The first-order valence-electron chi connectivity index (χ1n) is 5.58. The van der Waals surface area contributed by atoms with Crippen LogP contribution in [0.3, 0.4) is 0 Å². The SMILES string of the molecule is CCOc1nc(N)nc(NC(CO)C(C)C)n1. The summed E-state index contributed by atoms with van der Waals surface area (Å²) in [5.74, 6) is 0.647. The molecule has 1 atom stereocenters. The Bertz CT molecular complexity index is 359. The molecular formula is C10H19N5O2. The van der Waals surface area contributed by atoms with Crippen molar-refractivity contribution in [1.29, 1.82) is 0 Å². The quantitative estimate of drug-likeness (QED) is 0.656. The minimum atomic E-state index is -0.133. The van der Waals surface area contributed by atoms with Crippen molar-refractivity contribution in [2.24, 2.45) is 5.92 Å². The van der Waals surface area contributed by atoms with E-state index in [-0.39, 0.29) is 30.5 Å². The Morgan fingerprint density at radius 1 is 1.35 bits per heavy atom. The van der Waals surface area contributed by atoms with Gasteiger partial charge in [-0.15, -0.1) is 0 Å². The molecule has 1 aromatic rings. The van der Waals surface area contributed by atoms with Crippen LogP contribution in [0.15, 0.2) is 0 Å². The Balaban J connectivity index is 2.82. The molecule has 0 radical (unpaired) electrons. The van der Waals surface area contributed by atoms with E-state index >= 15 is 0 Å². The van der Waals surface area contributed by atoms with Gasteiger partial charge in [0, 0.05) is 0 Å². The third kappa shape index (κ3) is 4.03. The molecular weight excluding hydrogens is 222 g/mol. The van der Waals surface area contributed by atoms with Crippen molar-refractivity contribution < 1.29 is 9.84 Å². The summed E-state index contributed by atoms with van der Waals surface area (Å²) < 4.78 is 5.16. The van der Waals surface area contributed by atoms with Crippen LogP contribution < -0.4 is 15.8 Å². The van der Waals surface area contributed by atoms with Gasteiger partial charge < -0.3 is 20.9 Å². The molecule has 96 valence electrons. The zero-order chi connectivity index (χ0) is 12.8. The highest BCUT2D eigenvalue weighted by Gasteiger charge is 2.14. The first-order valence-corrected chi connectivity index (χ1v) is 5.58. The topological polar surface area (TPSA) is 106 Å². The molecule has 7 nitrogen and oxygen atoms in total. The zero-order valence-corrected chi connectivity index (χ0v) is 10.3. The van der Waals surface area contributed by atoms with E-state index in [1.54, 1.807) is 0 Å². The molecule has 1 heterocycles. The number of ether oxygens (including phenoxy) is 1. The number of nitrogens with zero attached hydrogens (tertiary/aromatic N) is 3. The lowest BCUT2D eigenvalue weighted by molar-refractivity contribution is 0.248. The molecule has 0 aliphatic rings. The van der Waals surface area contributed by atoms with Gasteiger partial charge >= 0.3 is 6.01 Å². The molecule has 0 aromatic carbocycles. The number of anilines is 2. The van der Waals surface area contributed by atoms with Gasteiger partial charge in [0.1, 0.15) is 0 Å². The number of nitrogens with two attached hydrogens (primary N) is 1. The van der Waals surface area contributed by atoms with E-state index in [4.69, 9.17) is 10.5 Å². The minimum Gasteiger partial charge on any atom is -0.464 e. The van der Waals surface area contributed by atoms with Crippen LogP contribution in [0.25, 0.3) is 0 Å². The van der Waals surface area contributed by atoms with Crippen molar-refractivity contribution in [3.63, 3.8) is 0 Å². The highest BCUT2D eigenvalue weighted by molar-refractivity contribution is 5.33. The molecule has 0 bridgehead atoms. The van der Waals surface area contributed by atoms with Crippen LogP contribution in [0.1, 0.15) is 20.8 Å². The van der Waals surface area contributed by atoms with E-state index in [9.17, 15) is 5.11 Å². The van der Waals surface area contributed by atoms with Crippen LogP contribution in [0, 0.1) is 5.92 Å². The normalized spacial score (nSPS) is 12.5. The number of nitrogen functional groups attached to an aromatic ring is 1. The van der Waals surface area contributed by atoms with Crippen LogP contribution in [-0.4, -0.2) is 39.3 Å². The monoisotopic (exact) mass is 241 g/mol. The molecule has 0 fully saturated rings. The van der Waals surface area contributed by atoms with Crippen LogP contribution in [0.5, 0.6) is 6.01 Å². The minimum absolute atomic E-state index is 0.00672. The van der Waals surface area contributed by atoms with Gasteiger partial charge in [0.15, 0.2) is 0 Å².